The molecule has 3 rings (SSSR count). The minimum atomic E-state index is -0.659. The number of esters is 1. The number of aromatic nitrogens is 2. The van der Waals surface area contributed by atoms with Gasteiger partial charge in [-0.15, -0.1) is 0 Å². The first-order valence-corrected chi connectivity index (χ1v) is 11.0. The van der Waals surface area contributed by atoms with Crippen LogP contribution in [0.3, 0.4) is 0 Å². The Balaban J connectivity index is 2.10. The summed E-state index contributed by atoms with van der Waals surface area (Å²) < 4.78 is 5.50. The number of carbonyl (C=O) groups excluding carboxylic acids is 1. The van der Waals surface area contributed by atoms with E-state index < -0.39 is 11.8 Å². The van der Waals surface area contributed by atoms with Crippen LogP contribution >= 0.6 is 11.8 Å². The second-order valence-corrected chi connectivity index (χ2v) is 8.50. The van der Waals surface area contributed by atoms with Crippen molar-refractivity contribution in [2.75, 3.05) is 5.75 Å². The molecule has 1 aliphatic rings. The van der Waals surface area contributed by atoms with E-state index >= 15 is 0 Å². The Bertz CT molecular complexity index is 954. The number of hydrogen-bond donors (Lipinski definition) is 1. The predicted octanol–water partition coefficient (Wildman–Crippen LogP) is 4.47. The van der Waals surface area contributed by atoms with Gasteiger partial charge in [-0.05, 0) is 32.8 Å². The van der Waals surface area contributed by atoms with Crippen LogP contribution in [0.15, 0.2) is 45.3 Å². The van der Waals surface area contributed by atoms with Crippen molar-refractivity contribution in [3.63, 3.8) is 0 Å². The Labute approximate surface area is 175 Å². The molecule has 154 valence electrons. The topological polar surface area (TPSA) is 84.4 Å². The van der Waals surface area contributed by atoms with Crippen LogP contribution in [0.4, 0.5) is 5.82 Å². The van der Waals surface area contributed by atoms with E-state index in [1.54, 1.807) is 6.92 Å². The van der Waals surface area contributed by atoms with Gasteiger partial charge in [0, 0.05) is 17.4 Å². The summed E-state index contributed by atoms with van der Waals surface area (Å²) in [5.74, 6) is -0.240. The Morgan fingerprint density at radius 3 is 2.66 bits per heavy atom. The van der Waals surface area contributed by atoms with Crippen molar-refractivity contribution in [1.29, 1.82) is 0 Å². The van der Waals surface area contributed by atoms with E-state index in [1.165, 1.54) is 11.8 Å². The first-order valence-electron chi connectivity index (χ1n) is 10.00. The largest absolute Gasteiger partial charge is 0.462 e. The number of benzene rings is 1. The summed E-state index contributed by atoms with van der Waals surface area (Å²) in [6.07, 6.45) is 1.88. The Hall–Kier alpha value is -2.41. The summed E-state index contributed by atoms with van der Waals surface area (Å²) in [6.45, 7) is 7.55. The van der Waals surface area contributed by atoms with Gasteiger partial charge in [0.1, 0.15) is 5.92 Å². The number of hydrogen-bond acceptors (Lipinski definition) is 6. The number of fused-ring (bicyclic) bond motifs is 1. The van der Waals surface area contributed by atoms with Crippen molar-refractivity contribution in [2.45, 2.75) is 57.7 Å². The number of aliphatic imine (C=N–C) groups is 1. The number of nitrogens with one attached hydrogen (secondary N) is 1. The molecule has 0 saturated heterocycles. The Morgan fingerprint density at radius 1 is 1.28 bits per heavy atom. The molecular formula is C22H27N3O3S. The van der Waals surface area contributed by atoms with Crippen LogP contribution in [-0.2, 0) is 9.53 Å². The molecule has 2 atom stereocenters. The molecule has 2 heterocycles. The molecule has 2 unspecified atom stereocenters. The summed E-state index contributed by atoms with van der Waals surface area (Å²) in [5.41, 5.74) is 1.65. The molecule has 0 fully saturated rings. The number of nitrogens with zero attached hydrogens (tertiary/aromatic N) is 2. The molecular weight excluding hydrogens is 386 g/mol. The number of rotatable bonds is 7. The van der Waals surface area contributed by atoms with Gasteiger partial charge in [-0.2, -0.15) is 0 Å². The maximum absolute atomic E-state index is 13.1. The van der Waals surface area contributed by atoms with Gasteiger partial charge in [0.05, 0.1) is 11.7 Å². The molecule has 7 heteroatoms. The van der Waals surface area contributed by atoms with Gasteiger partial charge in [-0.25, -0.2) is 9.98 Å². The molecule has 6 nitrogen and oxygen atoms in total. The minimum absolute atomic E-state index is 0.248. The number of carbonyl (C=O) groups is 1. The number of ether oxygens (including phenoxy) is 1. The van der Waals surface area contributed by atoms with E-state index in [0.717, 1.165) is 24.2 Å². The fourth-order valence-electron chi connectivity index (χ4n) is 3.47. The van der Waals surface area contributed by atoms with Gasteiger partial charge in [-0.3, -0.25) is 9.59 Å². The van der Waals surface area contributed by atoms with Crippen molar-refractivity contribution in [1.82, 2.24) is 9.97 Å². The van der Waals surface area contributed by atoms with Crippen LogP contribution in [-0.4, -0.2) is 33.5 Å². The number of unbranched alkanes of at least 4 members (excludes halogenated alkanes) is 1. The zero-order valence-corrected chi connectivity index (χ0v) is 18.1. The van der Waals surface area contributed by atoms with Crippen molar-refractivity contribution >= 4 is 29.3 Å². The van der Waals surface area contributed by atoms with Crippen LogP contribution in [0, 0.1) is 5.92 Å². The fraction of sp³-hybridized carbons (Fsp3) is 0.455. The maximum Gasteiger partial charge on any atom is 0.315 e. The molecule has 0 spiro atoms. The zero-order chi connectivity index (χ0) is 21.0. The van der Waals surface area contributed by atoms with Crippen LogP contribution in [0.5, 0.6) is 0 Å². The molecule has 0 bridgehead atoms. The standard InChI is InChI=1S/C22H27N3O3S/c1-5-6-12-29-22-24-19-18(20(26)25-22)17(15-10-8-7-9-11-15)16(14(4)23-19)21(27)28-13(2)3/h7-11,13,16-17H,5-6,12H2,1-4H3,(H,24,25,26). The third-order valence-electron chi connectivity index (χ3n) is 4.79. The van der Waals surface area contributed by atoms with E-state index in [4.69, 9.17) is 4.74 Å². The number of aromatic amines is 1. The van der Waals surface area contributed by atoms with Crippen LogP contribution in [0.2, 0.25) is 0 Å². The average molecular weight is 414 g/mol. The molecule has 0 aliphatic carbocycles. The van der Waals surface area contributed by atoms with E-state index in [0.29, 0.717) is 22.2 Å². The van der Waals surface area contributed by atoms with Crippen LogP contribution in [0.25, 0.3) is 0 Å². The van der Waals surface area contributed by atoms with Gasteiger partial charge < -0.3 is 9.72 Å². The highest BCUT2D eigenvalue weighted by Crippen LogP contribution is 2.40. The summed E-state index contributed by atoms with van der Waals surface area (Å²) in [4.78, 5) is 38.0. The van der Waals surface area contributed by atoms with Gasteiger partial charge in [0.2, 0.25) is 0 Å². The lowest BCUT2D eigenvalue weighted by molar-refractivity contribution is -0.150. The van der Waals surface area contributed by atoms with Gasteiger partial charge in [0.25, 0.3) is 5.56 Å². The van der Waals surface area contributed by atoms with Crippen molar-refractivity contribution < 1.29 is 9.53 Å². The van der Waals surface area contributed by atoms with Gasteiger partial charge in [-0.1, -0.05) is 55.4 Å². The van der Waals surface area contributed by atoms with Crippen molar-refractivity contribution in [3.05, 3.63) is 51.8 Å². The number of thioether (sulfide) groups is 1. The highest BCUT2D eigenvalue weighted by Gasteiger charge is 2.41. The minimum Gasteiger partial charge on any atom is -0.462 e. The Morgan fingerprint density at radius 2 is 2.00 bits per heavy atom. The zero-order valence-electron chi connectivity index (χ0n) is 17.3. The molecule has 1 aromatic heterocycles. The van der Waals surface area contributed by atoms with Crippen LogP contribution in [0.1, 0.15) is 57.6 Å². The molecule has 0 radical (unpaired) electrons. The van der Waals surface area contributed by atoms with Crippen LogP contribution < -0.4 is 5.56 Å². The number of H-pyrrole nitrogens is 1. The lowest BCUT2D eigenvalue weighted by atomic mass is 9.77. The third-order valence-corrected chi connectivity index (χ3v) is 5.75. The molecule has 1 aromatic carbocycles. The summed E-state index contributed by atoms with van der Waals surface area (Å²) in [7, 11) is 0. The Kier molecular flexibility index (Phi) is 6.90. The average Bonchev–Trinajstić information content (AvgIpc) is 2.67. The monoisotopic (exact) mass is 413 g/mol. The van der Waals surface area contributed by atoms with Crippen molar-refractivity contribution in [2.24, 2.45) is 10.9 Å². The second kappa shape index (κ2) is 9.39. The normalized spacial score (nSPS) is 18.3. The molecule has 2 aromatic rings. The van der Waals surface area contributed by atoms with Gasteiger partial charge in [0.15, 0.2) is 11.0 Å². The van der Waals surface area contributed by atoms with E-state index in [2.05, 4.69) is 21.9 Å². The summed E-state index contributed by atoms with van der Waals surface area (Å²) in [5, 5.41) is 0.564. The van der Waals surface area contributed by atoms with Gasteiger partial charge >= 0.3 is 5.97 Å². The van der Waals surface area contributed by atoms with E-state index in [-0.39, 0.29) is 17.6 Å². The second-order valence-electron chi connectivity index (χ2n) is 7.42. The highest BCUT2D eigenvalue weighted by atomic mass is 32.2. The van der Waals surface area contributed by atoms with E-state index in [1.807, 2.05) is 44.2 Å². The fourth-order valence-corrected chi connectivity index (χ4v) is 4.42. The predicted molar refractivity (Wildman–Crippen MR) is 116 cm³/mol. The first kappa shape index (κ1) is 21.3. The van der Waals surface area contributed by atoms with E-state index in [9.17, 15) is 9.59 Å². The molecule has 0 amide bonds. The molecule has 1 aliphatic heterocycles. The quantitative estimate of drug-likeness (QED) is 0.313. The first-order chi connectivity index (χ1) is 13.9. The smallest absolute Gasteiger partial charge is 0.315 e. The third kappa shape index (κ3) is 4.78. The lowest BCUT2D eigenvalue weighted by Gasteiger charge is -2.30. The SMILES string of the molecule is CCCCSc1nc2c(c(=O)[nH]1)C(c1ccccc1)C(C(=O)OC(C)C)C(C)=N2. The summed E-state index contributed by atoms with van der Waals surface area (Å²) >= 11 is 1.52. The summed E-state index contributed by atoms with van der Waals surface area (Å²) in [6, 6.07) is 9.55. The highest BCUT2D eigenvalue weighted by molar-refractivity contribution is 7.99. The van der Waals surface area contributed by atoms with Crippen molar-refractivity contribution in [3.8, 4) is 0 Å². The molecule has 0 saturated carbocycles. The molecule has 29 heavy (non-hydrogen) atoms. The lowest BCUT2D eigenvalue weighted by Crippen LogP contribution is -2.37. The molecule has 1 N–H and O–H groups in total. The maximum atomic E-state index is 13.1.